The first-order valence-corrected chi connectivity index (χ1v) is 9.12. The first-order valence-electron chi connectivity index (χ1n) is 9.12. The smallest absolute Gasteiger partial charge is 0.382 e. The summed E-state index contributed by atoms with van der Waals surface area (Å²) in [7, 11) is 0. The van der Waals surface area contributed by atoms with Gasteiger partial charge in [-0.2, -0.15) is 0 Å². The van der Waals surface area contributed by atoms with Gasteiger partial charge in [0, 0.05) is 0 Å². The minimum Gasteiger partial charge on any atom is -0.481 e. The van der Waals surface area contributed by atoms with Gasteiger partial charge in [-0.25, -0.2) is 9.59 Å². The zero-order chi connectivity index (χ0) is 26.3. The zero-order valence-corrected chi connectivity index (χ0v) is 17.3. The van der Waals surface area contributed by atoms with Crippen molar-refractivity contribution >= 4 is 59.3 Å². The maximum Gasteiger partial charge on any atom is 0.382 e. The van der Waals surface area contributed by atoms with Gasteiger partial charge >= 0.3 is 47.8 Å². The number of ether oxygens (including phenoxy) is 4. The molecule has 0 aliphatic carbocycles. The SMILES string of the molecule is O=C(O)CC(=O)OC(=O)C(=O)CCOC(=O)CCC(=O)OCCC(=O)C(=O)OC(=O)CC(=O)O. The van der Waals surface area contributed by atoms with Crippen LogP contribution >= 0.6 is 0 Å². The first-order chi connectivity index (χ1) is 15.8. The van der Waals surface area contributed by atoms with E-state index in [1.54, 1.807) is 0 Å². The molecular weight excluding hydrogens is 472 g/mol. The number of ketones is 2. The molecule has 0 saturated carbocycles. The monoisotopic (exact) mass is 490 g/mol. The van der Waals surface area contributed by atoms with Crippen molar-refractivity contribution in [1.29, 1.82) is 0 Å². The molecule has 2 N–H and O–H groups in total. The highest BCUT2D eigenvalue weighted by Crippen LogP contribution is 2.00. The van der Waals surface area contributed by atoms with Gasteiger partial charge in [0.05, 0.1) is 38.9 Å². The van der Waals surface area contributed by atoms with Crippen LogP contribution in [-0.2, 0) is 66.9 Å². The Bertz CT molecular complexity index is 810. The Balaban J connectivity index is 4.06. The van der Waals surface area contributed by atoms with E-state index in [1.165, 1.54) is 0 Å². The highest BCUT2D eigenvalue weighted by atomic mass is 16.6. The summed E-state index contributed by atoms with van der Waals surface area (Å²) in [5.41, 5.74) is 0. The van der Waals surface area contributed by atoms with Gasteiger partial charge in [-0.3, -0.25) is 38.4 Å². The number of carboxylic acid groups (broad SMARTS) is 2. The molecule has 16 nitrogen and oxygen atoms in total. The van der Waals surface area contributed by atoms with E-state index in [9.17, 15) is 47.9 Å². The predicted octanol–water partition coefficient (Wildman–Crippen LogP) is -2.14. The second-order valence-corrected chi connectivity index (χ2v) is 5.95. The number of carbonyl (C=O) groups is 10. The van der Waals surface area contributed by atoms with Crippen molar-refractivity contribution in [3.63, 3.8) is 0 Å². The van der Waals surface area contributed by atoms with Crippen molar-refractivity contribution in [2.24, 2.45) is 0 Å². The molecule has 0 aromatic heterocycles. The largest absolute Gasteiger partial charge is 0.481 e. The second kappa shape index (κ2) is 15.3. The molecule has 0 bridgehead atoms. The van der Waals surface area contributed by atoms with Gasteiger partial charge in [-0.15, -0.1) is 0 Å². The summed E-state index contributed by atoms with van der Waals surface area (Å²) < 4.78 is 17.1. The second-order valence-electron chi connectivity index (χ2n) is 5.95. The lowest BCUT2D eigenvalue weighted by atomic mass is 10.3. The van der Waals surface area contributed by atoms with E-state index >= 15 is 0 Å². The van der Waals surface area contributed by atoms with Crippen LogP contribution in [-0.4, -0.2) is 82.7 Å². The van der Waals surface area contributed by atoms with Crippen molar-refractivity contribution in [2.75, 3.05) is 13.2 Å². The highest BCUT2D eigenvalue weighted by molar-refractivity contribution is 6.35. The van der Waals surface area contributed by atoms with Gasteiger partial charge in [0.2, 0.25) is 11.6 Å². The Labute approximate surface area is 189 Å². The van der Waals surface area contributed by atoms with Gasteiger partial charge < -0.3 is 29.2 Å². The average molecular weight is 490 g/mol. The van der Waals surface area contributed by atoms with E-state index in [0.29, 0.717) is 0 Å². The van der Waals surface area contributed by atoms with E-state index in [-0.39, 0.29) is 0 Å². The minimum absolute atomic E-state index is 0.520. The van der Waals surface area contributed by atoms with E-state index < -0.39 is 111 Å². The van der Waals surface area contributed by atoms with E-state index in [0.717, 1.165) is 0 Å². The molecule has 0 atom stereocenters. The Hall–Kier alpha value is -4.50. The van der Waals surface area contributed by atoms with Gasteiger partial charge in [0.1, 0.15) is 12.8 Å². The van der Waals surface area contributed by atoms with Gasteiger partial charge in [0.15, 0.2) is 0 Å². The molecule has 0 aromatic rings. The van der Waals surface area contributed by atoms with Crippen LogP contribution in [0.3, 0.4) is 0 Å². The van der Waals surface area contributed by atoms with Crippen LogP contribution in [0.15, 0.2) is 0 Å². The number of esters is 6. The van der Waals surface area contributed by atoms with Crippen LogP contribution in [0.25, 0.3) is 0 Å². The maximum absolute atomic E-state index is 11.5. The highest BCUT2D eigenvalue weighted by Gasteiger charge is 2.22. The van der Waals surface area contributed by atoms with Gasteiger partial charge in [0.25, 0.3) is 0 Å². The van der Waals surface area contributed by atoms with Crippen LogP contribution in [0.5, 0.6) is 0 Å². The summed E-state index contributed by atoms with van der Waals surface area (Å²) in [5, 5.41) is 16.7. The first kappa shape index (κ1) is 29.5. The molecule has 0 amide bonds. The molecule has 0 heterocycles. The summed E-state index contributed by atoms with van der Waals surface area (Å²) in [6, 6.07) is 0. The fourth-order valence-corrected chi connectivity index (χ4v) is 1.71. The normalized spacial score (nSPS) is 9.76. The van der Waals surface area contributed by atoms with E-state index in [1.807, 2.05) is 0 Å². The summed E-state index contributed by atoms with van der Waals surface area (Å²) in [6.07, 6.45) is -4.66. The van der Waals surface area contributed by atoms with Crippen LogP contribution < -0.4 is 0 Å². The molecule has 34 heavy (non-hydrogen) atoms. The van der Waals surface area contributed by atoms with Crippen molar-refractivity contribution in [2.45, 2.75) is 38.5 Å². The summed E-state index contributed by atoms with van der Waals surface area (Å²) in [5.74, 6) is -13.8. The minimum atomic E-state index is -1.63. The third-order valence-electron chi connectivity index (χ3n) is 3.18. The summed E-state index contributed by atoms with van der Waals surface area (Å²) in [4.78, 5) is 111. The fraction of sp³-hybridized carbons (Fsp3) is 0.444. The number of carboxylic acids is 2. The number of rotatable bonds is 15. The molecule has 186 valence electrons. The molecule has 16 heteroatoms. The Morgan fingerprint density at radius 1 is 0.471 bits per heavy atom. The zero-order valence-electron chi connectivity index (χ0n) is 17.3. The molecule has 0 saturated heterocycles. The number of aliphatic carboxylic acids is 2. The fourth-order valence-electron chi connectivity index (χ4n) is 1.71. The lowest BCUT2D eigenvalue weighted by Gasteiger charge is -2.05. The Morgan fingerprint density at radius 2 is 0.794 bits per heavy atom. The van der Waals surface area contributed by atoms with Crippen molar-refractivity contribution in [3.8, 4) is 0 Å². The van der Waals surface area contributed by atoms with Crippen LogP contribution in [0.2, 0.25) is 0 Å². The number of hydrogen-bond acceptors (Lipinski definition) is 14. The molecule has 0 aromatic carbocycles. The third-order valence-corrected chi connectivity index (χ3v) is 3.18. The molecule has 0 rings (SSSR count). The van der Waals surface area contributed by atoms with E-state index in [2.05, 4.69) is 18.9 Å². The number of Topliss-reactive ketones (excluding diaryl/α,β-unsaturated/α-hetero) is 2. The Morgan fingerprint density at radius 3 is 1.09 bits per heavy atom. The molecular formula is C18H18O16. The Kier molecular flexibility index (Phi) is 13.3. The lowest BCUT2D eigenvalue weighted by Crippen LogP contribution is -2.24. The molecule has 0 aliphatic heterocycles. The van der Waals surface area contributed by atoms with E-state index in [4.69, 9.17) is 10.2 Å². The molecule has 0 fully saturated rings. The maximum atomic E-state index is 11.5. The van der Waals surface area contributed by atoms with Gasteiger partial charge in [-0.05, 0) is 0 Å². The molecule has 0 aliphatic rings. The summed E-state index contributed by atoms with van der Waals surface area (Å²) >= 11 is 0. The third kappa shape index (κ3) is 14.5. The standard InChI is InChI=1S/C18H18O16/c19-9(17(29)33-15(27)7-11(21)22)3-5-31-13(25)1-2-14(26)32-6-4-10(20)18(30)34-16(28)8-12(23)24/h1-8H2,(H,21,22)(H,23,24). The number of hydrogen-bond donors (Lipinski definition) is 2. The van der Waals surface area contributed by atoms with Crippen LogP contribution in [0, 0.1) is 0 Å². The topological polar surface area (TPSA) is 248 Å². The van der Waals surface area contributed by atoms with Crippen molar-refractivity contribution in [3.05, 3.63) is 0 Å². The van der Waals surface area contributed by atoms with Crippen molar-refractivity contribution < 1.29 is 77.1 Å². The average Bonchev–Trinajstić information content (AvgIpc) is 2.70. The predicted molar refractivity (Wildman–Crippen MR) is 97.1 cm³/mol. The number of carbonyl (C=O) groups excluding carboxylic acids is 8. The van der Waals surface area contributed by atoms with Crippen molar-refractivity contribution in [1.82, 2.24) is 0 Å². The molecule has 0 unspecified atom stereocenters. The van der Waals surface area contributed by atoms with Crippen LogP contribution in [0.4, 0.5) is 0 Å². The van der Waals surface area contributed by atoms with Gasteiger partial charge in [-0.1, -0.05) is 0 Å². The summed E-state index contributed by atoms with van der Waals surface area (Å²) in [6.45, 7) is -1.21. The molecule has 0 spiro atoms. The molecule has 0 radical (unpaired) electrons. The lowest BCUT2D eigenvalue weighted by molar-refractivity contribution is -0.167. The quantitative estimate of drug-likeness (QED) is 0.107. The van der Waals surface area contributed by atoms with Crippen LogP contribution in [0.1, 0.15) is 38.5 Å².